The molecule has 0 spiro atoms. The summed E-state index contributed by atoms with van der Waals surface area (Å²) in [5, 5.41) is 7.54. The molecule has 4 rings (SSSR count). The summed E-state index contributed by atoms with van der Waals surface area (Å²) in [5.41, 5.74) is 4.13. The van der Waals surface area contributed by atoms with E-state index in [1.165, 1.54) is 18.4 Å². The third-order valence-electron chi connectivity index (χ3n) is 5.86. The summed E-state index contributed by atoms with van der Waals surface area (Å²) in [6, 6.07) is 10.2. The van der Waals surface area contributed by atoms with E-state index in [9.17, 15) is 4.79 Å². The number of aryl methyl sites for hydroxylation is 1. The Morgan fingerprint density at radius 2 is 1.89 bits per heavy atom. The molecule has 1 amide bonds. The molecule has 0 radical (unpaired) electrons. The Bertz CT molecular complexity index is 877. The van der Waals surface area contributed by atoms with Crippen molar-refractivity contribution in [3.05, 3.63) is 53.9 Å². The number of carbonyl (C=O) groups excluding carboxylic acids is 1. The van der Waals surface area contributed by atoms with Crippen molar-refractivity contribution in [3.8, 4) is 0 Å². The van der Waals surface area contributed by atoms with Crippen LogP contribution >= 0.6 is 12.2 Å². The van der Waals surface area contributed by atoms with E-state index in [1.54, 1.807) is 0 Å². The van der Waals surface area contributed by atoms with Gasteiger partial charge in [-0.05, 0) is 79.9 Å². The second kappa shape index (κ2) is 7.87. The van der Waals surface area contributed by atoms with Gasteiger partial charge < -0.3 is 15.5 Å². The molecule has 1 aromatic heterocycles. The molecule has 0 atom stereocenters. The van der Waals surface area contributed by atoms with Crippen LogP contribution < -0.4 is 15.5 Å². The molecule has 1 aliphatic carbocycles. The first kappa shape index (κ1) is 18.9. The van der Waals surface area contributed by atoms with E-state index in [0.717, 1.165) is 42.7 Å². The van der Waals surface area contributed by atoms with Crippen LogP contribution in [0.5, 0.6) is 0 Å². The van der Waals surface area contributed by atoms with E-state index in [1.807, 2.05) is 36.4 Å². The molecule has 1 saturated carbocycles. The van der Waals surface area contributed by atoms with E-state index in [4.69, 9.17) is 12.2 Å². The van der Waals surface area contributed by atoms with Crippen molar-refractivity contribution in [2.24, 2.45) is 0 Å². The Balaban J connectivity index is 1.47. The number of benzene rings is 1. The molecule has 2 heterocycles. The molecular weight excluding hydrogens is 368 g/mol. The van der Waals surface area contributed by atoms with Crippen LogP contribution in [0, 0.1) is 6.92 Å². The Morgan fingerprint density at radius 3 is 2.54 bits per heavy atom. The van der Waals surface area contributed by atoms with Gasteiger partial charge in [0.1, 0.15) is 0 Å². The van der Waals surface area contributed by atoms with Crippen molar-refractivity contribution in [2.75, 3.05) is 16.8 Å². The fraction of sp³-hybridized carbons (Fsp3) is 0.409. The minimum absolute atomic E-state index is 0.121. The Kier molecular flexibility index (Phi) is 5.31. The molecule has 146 valence electrons. The van der Waals surface area contributed by atoms with Crippen molar-refractivity contribution < 1.29 is 4.79 Å². The van der Waals surface area contributed by atoms with Crippen LogP contribution in [0.3, 0.4) is 0 Å². The van der Waals surface area contributed by atoms with Gasteiger partial charge in [0.2, 0.25) is 5.91 Å². The number of carbonyl (C=O) groups is 1. The first-order valence-corrected chi connectivity index (χ1v) is 10.4. The lowest BCUT2D eigenvalue weighted by Crippen LogP contribution is -2.45. The summed E-state index contributed by atoms with van der Waals surface area (Å²) in [7, 11) is 0. The number of aromatic nitrogens is 1. The van der Waals surface area contributed by atoms with E-state index in [2.05, 4.69) is 33.8 Å². The summed E-state index contributed by atoms with van der Waals surface area (Å²) in [6.07, 6.45) is 9.77. The van der Waals surface area contributed by atoms with Crippen LogP contribution in [0.1, 0.15) is 49.7 Å². The third-order valence-corrected chi connectivity index (χ3v) is 6.07. The van der Waals surface area contributed by atoms with Crippen molar-refractivity contribution in [1.29, 1.82) is 0 Å². The topological polar surface area (TPSA) is 57.3 Å². The van der Waals surface area contributed by atoms with Gasteiger partial charge in [0.25, 0.3) is 0 Å². The number of rotatable bonds is 4. The molecule has 0 unspecified atom stereocenters. The number of pyridine rings is 1. The highest BCUT2D eigenvalue weighted by Gasteiger charge is 2.36. The summed E-state index contributed by atoms with van der Waals surface area (Å²) >= 11 is 5.64. The molecular formula is C22H26N4OS. The SMILES string of the molecule is Cc1cc(NC(=S)NC2(c3ccncc3)CCCC2)ccc1N1CCCC1=O. The maximum Gasteiger partial charge on any atom is 0.227 e. The zero-order valence-electron chi connectivity index (χ0n) is 16.2. The van der Waals surface area contributed by atoms with Gasteiger partial charge in [0.05, 0.1) is 5.54 Å². The van der Waals surface area contributed by atoms with Crippen LogP contribution in [0.2, 0.25) is 0 Å². The minimum atomic E-state index is -0.121. The molecule has 1 aliphatic heterocycles. The maximum absolute atomic E-state index is 12.0. The van der Waals surface area contributed by atoms with E-state index in [-0.39, 0.29) is 11.4 Å². The summed E-state index contributed by atoms with van der Waals surface area (Å²) in [6.45, 7) is 2.85. The van der Waals surface area contributed by atoms with Crippen LogP contribution in [-0.2, 0) is 10.3 Å². The largest absolute Gasteiger partial charge is 0.353 e. The Labute approximate surface area is 171 Å². The predicted molar refractivity (Wildman–Crippen MR) is 117 cm³/mol. The van der Waals surface area contributed by atoms with E-state index >= 15 is 0 Å². The lowest BCUT2D eigenvalue weighted by Gasteiger charge is -2.32. The molecule has 2 N–H and O–H groups in total. The quantitative estimate of drug-likeness (QED) is 0.759. The highest BCUT2D eigenvalue weighted by Crippen LogP contribution is 2.38. The standard InChI is InChI=1S/C22H26N4OS/c1-16-15-18(6-7-19(16)26-14-4-5-20(26)27)24-21(28)25-22(10-2-3-11-22)17-8-12-23-13-9-17/h6-9,12-13,15H,2-5,10-11,14H2,1H3,(H2,24,25,28). The van der Waals surface area contributed by atoms with Gasteiger partial charge in [-0.1, -0.05) is 12.8 Å². The second-order valence-corrected chi connectivity index (χ2v) is 8.16. The van der Waals surface area contributed by atoms with Crippen molar-refractivity contribution in [1.82, 2.24) is 10.3 Å². The Hall–Kier alpha value is -2.47. The number of nitrogens with one attached hydrogen (secondary N) is 2. The summed E-state index contributed by atoms with van der Waals surface area (Å²) < 4.78 is 0. The van der Waals surface area contributed by atoms with Gasteiger partial charge >= 0.3 is 0 Å². The molecule has 1 saturated heterocycles. The molecule has 2 aromatic rings. The second-order valence-electron chi connectivity index (χ2n) is 7.75. The number of thiocarbonyl (C=S) groups is 1. The van der Waals surface area contributed by atoms with Gasteiger partial charge in [0, 0.05) is 36.7 Å². The third kappa shape index (κ3) is 3.74. The average molecular weight is 395 g/mol. The van der Waals surface area contributed by atoms with Gasteiger partial charge in [-0.3, -0.25) is 9.78 Å². The normalized spacial score (nSPS) is 18.3. The van der Waals surface area contributed by atoms with Crippen LogP contribution in [0.25, 0.3) is 0 Å². The lowest BCUT2D eigenvalue weighted by atomic mass is 9.89. The zero-order chi connectivity index (χ0) is 19.6. The molecule has 2 aliphatic rings. The highest BCUT2D eigenvalue weighted by molar-refractivity contribution is 7.80. The molecule has 2 fully saturated rings. The summed E-state index contributed by atoms with van der Waals surface area (Å²) in [4.78, 5) is 18.1. The van der Waals surface area contributed by atoms with Crippen molar-refractivity contribution in [3.63, 3.8) is 0 Å². The first-order chi connectivity index (χ1) is 13.6. The lowest BCUT2D eigenvalue weighted by molar-refractivity contribution is -0.117. The van der Waals surface area contributed by atoms with E-state index in [0.29, 0.717) is 11.5 Å². The predicted octanol–water partition coefficient (Wildman–Crippen LogP) is 4.27. The van der Waals surface area contributed by atoms with Gasteiger partial charge in [-0.15, -0.1) is 0 Å². The highest BCUT2D eigenvalue weighted by atomic mass is 32.1. The van der Waals surface area contributed by atoms with E-state index < -0.39 is 0 Å². The number of nitrogens with zero attached hydrogens (tertiary/aromatic N) is 2. The first-order valence-electron chi connectivity index (χ1n) is 9.98. The summed E-state index contributed by atoms with van der Waals surface area (Å²) in [5.74, 6) is 0.210. The minimum Gasteiger partial charge on any atom is -0.353 e. The van der Waals surface area contributed by atoms with Gasteiger partial charge in [0.15, 0.2) is 5.11 Å². The monoisotopic (exact) mass is 394 g/mol. The van der Waals surface area contributed by atoms with Crippen LogP contribution in [0.4, 0.5) is 11.4 Å². The number of hydrogen-bond acceptors (Lipinski definition) is 3. The number of anilines is 2. The molecule has 28 heavy (non-hydrogen) atoms. The van der Waals surface area contributed by atoms with Crippen LogP contribution in [0.15, 0.2) is 42.7 Å². The zero-order valence-corrected chi connectivity index (χ0v) is 17.0. The van der Waals surface area contributed by atoms with Gasteiger partial charge in [-0.25, -0.2) is 0 Å². The smallest absolute Gasteiger partial charge is 0.227 e. The number of hydrogen-bond donors (Lipinski definition) is 2. The molecule has 5 nitrogen and oxygen atoms in total. The van der Waals surface area contributed by atoms with Crippen molar-refractivity contribution in [2.45, 2.75) is 51.0 Å². The Morgan fingerprint density at radius 1 is 1.14 bits per heavy atom. The fourth-order valence-corrected chi connectivity index (χ4v) is 4.77. The molecule has 6 heteroatoms. The van der Waals surface area contributed by atoms with Gasteiger partial charge in [-0.2, -0.15) is 0 Å². The number of amides is 1. The van der Waals surface area contributed by atoms with Crippen LogP contribution in [-0.4, -0.2) is 22.5 Å². The molecule has 0 bridgehead atoms. The maximum atomic E-state index is 12.0. The fourth-order valence-electron chi connectivity index (χ4n) is 4.45. The van der Waals surface area contributed by atoms with Crippen molar-refractivity contribution >= 4 is 34.6 Å². The molecule has 1 aromatic carbocycles. The average Bonchev–Trinajstić information content (AvgIpc) is 3.32.